The number of carbonyl (C=O) groups excluding carboxylic acids is 1. The van der Waals surface area contributed by atoms with Gasteiger partial charge in [0.05, 0.1) is 26.9 Å². The quantitative estimate of drug-likeness (QED) is 0.366. The van der Waals surface area contributed by atoms with Gasteiger partial charge in [-0.1, -0.05) is 6.08 Å². The van der Waals surface area contributed by atoms with Gasteiger partial charge in [0.1, 0.15) is 0 Å². The summed E-state index contributed by atoms with van der Waals surface area (Å²) in [5.74, 6) is -0.407. The van der Waals surface area contributed by atoms with E-state index in [-0.39, 0.29) is 6.61 Å². The number of carbonyl (C=O) groups is 1. The Balaban J connectivity index is 3.69. The lowest BCUT2D eigenvalue weighted by atomic mass is 10.5. The number of ether oxygens (including phenoxy) is 1. The Morgan fingerprint density at radius 2 is 1.80 bits per heavy atom. The number of hydrogen-bond donors (Lipinski definition) is 0. The third-order valence-electron chi connectivity index (χ3n) is 1.20. The highest BCUT2D eigenvalue weighted by atomic mass is 31.2. The maximum atomic E-state index is 10.7. The zero-order chi connectivity index (χ0) is 11.5. The van der Waals surface area contributed by atoms with Crippen molar-refractivity contribution in [2.75, 3.05) is 26.9 Å². The van der Waals surface area contributed by atoms with Crippen molar-refractivity contribution in [3.63, 3.8) is 0 Å². The second-order valence-electron chi connectivity index (χ2n) is 2.28. The lowest BCUT2D eigenvalue weighted by Crippen LogP contribution is -1.97. The first kappa shape index (κ1) is 14.5. The van der Waals surface area contributed by atoms with Gasteiger partial charge in [-0.25, -0.2) is 4.79 Å². The lowest BCUT2D eigenvalue weighted by molar-refractivity contribution is -0.134. The van der Waals surface area contributed by atoms with Crippen molar-refractivity contribution in [2.45, 2.75) is 13.8 Å². The Morgan fingerprint density at radius 1 is 1.20 bits per heavy atom. The molecule has 6 heteroatoms. The van der Waals surface area contributed by atoms with Crippen LogP contribution in [0.15, 0.2) is 12.2 Å². The standard InChI is InChI=1S/C9H17O5P/c1-4-12-15(13-5-2)14-8-6-7-9(10)11-3/h6-7H,4-5,8H2,1-3H3/b7-6-. The van der Waals surface area contributed by atoms with Crippen LogP contribution in [0.2, 0.25) is 0 Å². The van der Waals surface area contributed by atoms with Crippen LogP contribution in [0.1, 0.15) is 13.8 Å². The Kier molecular flexibility index (Phi) is 9.73. The molecule has 0 atom stereocenters. The molecular weight excluding hydrogens is 219 g/mol. The van der Waals surface area contributed by atoms with Crippen LogP contribution in [-0.2, 0) is 23.1 Å². The zero-order valence-corrected chi connectivity index (χ0v) is 10.2. The van der Waals surface area contributed by atoms with Crippen LogP contribution in [0.25, 0.3) is 0 Å². The zero-order valence-electron chi connectivity index (χ0n) is 9.26. The summed E-state index contributed by atoms with van der Waals surface area (Å²) < 4.78 is 20.0. The molecule has 0 saturated heterocycles. The molecule has 0 rings (SSSR count). The second kappa shape index (κ2) is 10.1. The molecule has 0 radical (unpaired) electrons. The Labute approximate surface area is 91.3 Å². The van der Waals surface area contributed by atoms with Gasteiger partial charge in [0, 0.05) is 6.08 Å². The van der Waals surface area contributed by atoms with Crippen molar-refractivity contribution in [1.82, 2.24) is 0 Å². The first-order chi connectivity index (χ1) is 7.24. The molecule has 0 saturated carbocycles. The van der Waals surface area contributed by atoms with Crippen LogP contribution in [0, 0.1) is 0 Å². The van der Waals surface area contributed by atoms with Crippen LogP contribution in [0.4, 0.5) is 0 Å². The van der Waals surface area contributed by atoms with Crippen molar-refractivity contribution in [2.24, 2.45) is 0 Å². The van der Waals surface area contributed by atoms with E-state index >= 15 is 0 Å². The number of rotatable bonds is 8. The summed E-state index contributed by atoms with van der Waals surface area (Å²) in [6.07, 6.45) is 2.85. The minimum Gasteiger partial charge on any atom is -0.466 e. The Hall–Kier alpha value is -0.480. The third-order valence-corrected chi connectivity index (χ3v) is 2.50. The maximum absolute atomic E-state index is 10.7. The van der Waals surface area contributed by atoms with E-state index in [0.717, 1.165) is 0 Å². The number of esters is 1. The van der Waals surface area contributed by atoms with Gasteiger partial charge in [0.15, 0.2) is 0 Å². The highest BCUT2D eigenvalue weighted by Gasteiger charge is 2.08. The summed E-state index contributed by atoms with van der Waals surface area (Å²) in [6, 6.07) is 0. The molecule has 0 bridgehead atoms. The minimum atomic E-state index is -1.30. The molecule has 0 unspecified atom stereocenters. The van der Waals surface area contributed by atoms with Gasteiger partial charge in [-0.2, -0.15) is 0 Å². The maximum Gasteiger partial charge on any atom is 0.332 e. The molecule has 0 N–H and O–H groups in total. The van der Waals surface area contributed by atoms with E-state index in [1.807, 2.05) is 13.8 Å². The lowest BCUT2D eigenvalue weighted by Gasteiger charge is -2.13. The average molecular weight is 236 g/mol. The highest BCUT2D eigenvalue weighted by molar-refractivity contribution is 7.41. The predicted molar refractivity (Wildman–Crippen MR) is 57.3 cm³/mol. The molecular formula is C9H17O5P. The van der Waals surface area contributed by atoms with E-state index in [1.165, 1.54) is 13.2 Å². The number of hydrogen-bond acceptors (Lipinski definition) is 5. The molecule has 0 aliphatic rings. The molecule has 0 spiro atoms. The molecule has 0 aromatic heterocycles. The molecule has 88 valence electrons. The van der Waals surface area contributed by atoms with Gasteiger partial charge in [-0.15, -0.1) is 0 Å². The summed E-state index contributed by atoms with van der Waals surface area (Å²) in [7, 11) is 0.0209. The van der Waals surface area contributed by atoms with Crippen molar-refractivity contribution in [1.29, 1.82) is 0 Å². The predicted octanol–water partition coefficient (Wildman–Crippen LogP) is 2.03. The fourth-order valence-corrected chi connectivity index (χ4v) is 1.49. The fraction of sp³-hybridized carbons (Fsp3) is 0.667. The van der Waals surface area contributed by atoms with Gasteiger partial charge >= 0.3 is 14.6 Å². The summed E-state index contributed by atoms with van der Waals surface area (Å²) in [5.41, 5.74) is 0. The minimum absolute atomic E-state index is 0.265. The smallest absolute Gasteiger partial charge is 0.332 e. The van der Waals surface area contributed by atoms with Crippen LogP contribution in [0.3, 0.4) is 0 Å². The van der Waals surface area contributed by atoms with E-state index in [1.54, 1.807) is 6.08 Å². The Morgan fingerprint density at radius 3 is 2.27 bits per heavy atom. The normalized spacial score (nSPS) is 11.2. The molecule has 5 nitrogen and oxygen atoms in total. The molecule has 0 aliphatic heterocycles. The van der Waals surface area contributed by atoms with Crippen molar-refractivity contribution >= 4 is 14.6 Å². The largest absolute Gasteiger partial charge is 0.466 e. The van der Waals surface area contributed by atoms with Gasteiger partial charge < -0.3 is 18.3 Å². The van der Waals surface area contributed by atoms with Crippen molar-refractivity contribution < 1.29 is 23.1 Å². The number of methoxy groups -OCH3 is 1. The molecule has 0 fully saturated rings. The van der Waals surface area contributed by atoms with Crippen LogP contribution < -0.4 is 0 Å². The van der Waals surface area contributed by atoms with Gasteiger partial charge in [0.2, 0.25) is 0 Å². The first-order valence-corrected chi connectivity index (χ1v) is 5.77. The summed E-state index contributed by atoms with van der Waals surface area (Å²) >= 11 is 0. The van der Waals surface area contributed by atoms with E-state index in [4.69, 9.17) is 13.6 Å². The summed E-state index contributed by atoms with van der Waals surface area (Å²) in [6.45, 7) is 5.06. The van der Waals surface area contributed by atoms with E-state index < -0.39 is 14.6 Å². The fourth-order valence-electron chi connectivity index (χ4n) is 0.639. The first-order valence-electron chi connectivity index (χ1n) is 4.67. The van der Waals surface area contributed by atoms with Crippen molar-refractivity contribution in [3.8, 4) is 0 Å². The van der Waals surface area contributed by atoms with Crippen LogP contribution in [0.5, 0.6) is 0 Å². The molecule has 0 aliphatic carbocycles. The van der Waals surface area contributed by atoms with Crippen LogP contribution >= 0.6 is 8.60 Å². The highest BCUT2D eigenvalue weighted by Crippen LogP contribution is 2.38. The SMILES string of the molecule is CCOP(OCC)OC/C=C\C(=O)OC. The van der Waals surface area contributed by atoms with E-state index in [9.17, 15) is 4.79 Å². The van der Waals surface area contributed by atoms with E-state index in [2.05, 4.69) is 4.74 Å². The summed E-state index contributed by atoms with van der Waals surface area (Å²) in [5, 5.41) is 0. The molecule has 0 heterocycles. The monoisotopic (exact) mass is 236 g/mol. The Bertz CT molecular complexity index is 189. The van der Waals surface area contributed by atoms with E-state index in [0.29, 0.717) is 13.2 Å². The van der Waals surface area contributed by atoms with Crippen molar-refractivity contribution in [3.05, 3.63) is 12.2 Å². The molecule has 15 heavy (non-hydrogen) atoms. The van der Waals surface area contributed by atoms with Gasteiger partial charge in [0.25, 0.3) is 0 Å². The summed E-state index contributed by atoms with van der Waals surface area (Å²) in [4.78, 5) is 10.7. The average Bonchev–Trinajstić information content (AvgIpc) is 2.24. The second-order valence-corrected chi connectivity index (χ2v) is 3.50. The molecule has 0 aromatic rings. The molecule has 0 amide bonds. The molecule has 0 aromatic carbocycles. The topological polar surface area (TPSA) is 54.0 Å². The van der Waals surface area contributed by atoms with Gasteiger partial charge in [-0.3, -0.25) is 0 Å². The van der Waals surface area contributed by atoms with Crippen LogP contribution in [-0.4, -0.2) is 32.9 Å². The van der Waals surface area contributed by atoms with Gasteiger partial charge in [-0.05, 0) is 13.8 Å². The third kappa shape index (κ3) is 8.51.